The van der Waals surface area contributed by atoms with Crippen molar-refractivity contribution in [2.75, 3.05) is 24.5 Å². The first-order valence-corrected chi connectivity index (χ1v) is 10.4. The number of nitrogens with one attached hydrogen (secondary N) is 1. The smallest absolute Gasteiger partial charge is 0.163 e. The Bertz CT molecular complexity index is 1310. The number of hydrogen-bond acceptors (Lipinski definition) is 6. The minimum absolute atomic E-state index is 0.188. The van der Waals surface area contributed by atoms with Crippen molar-refractivity contribution in [3.8, 4) is 17.1 Å². The molecule has 152 valence electrons. The predicted octanol–water partition coefficient (Wildman–Crippen LogP) is 3.14. The summed E-state index contributed by atoms with van der Waals surface area (Å²) in [6.07, 6.45) is 6.35. The van der Waals surface area contributed by atoms with Gasteiger partial charge in [-0.3, -0.25) is 4.68 Å². The van der Waals surface area contributed by atoms with Crippen LogP contribution in [0, 0.1) is 6.92 Å². The van der Waals surface area contributed by atoms with E-state index in [9.17, 15) is 5.11 Å². The van der Waals surface area contributed by atoms with Gasteiger partial charge in [0.25, 0.3) is 0 Å². The summed E-state index contributed by atoms with van der Waals surface area (Å²) in [5, 5.41) is 20.8. The van der Waals surface area contributed by atoms with Crippen LogP contribution in [0.15, 0.2) is 36.7 Å². The fraction of sp³-hybridized carbons (Fsp3) is 0.348. The van der Waals surface area contributed by atoms with Crippen LogP contribution < -0.4 is 10.2 Å². The molecule has 1 aliphatic heterocycles. The lowest BCUT2D eigenvalue weighted by Gasteiger charge is -2.35. The van der Waals surface area contributed by atoms with Crippen LogP contribution in [0.5, 0.6) is 5.75 Å². The molecule has 6 rings (SSSR count). The van der Waals surface area contributed by atoms with Gasteiger partial charge in [-0.25, -0.2) is 9.97 Å². The van der Waals surface area contributed by atoms with E-state index in [-0.39, 0.29) is 5.75 Å². The molecule has 1 aliphatic carbocycles. The Balaban J connectivity index is 1.39. The molecule has 1 spiro atoms. The molecule has 2 aromatic heterocycles. The number of hydrogen-bond donors (Lipinski definition) is 2. The number of aryl methyl sites for hydroxylation is 2. The Hall–Kier alpha value is -3.19. The van der Waals surface area contributed by atoms with Gasteiger partial charge in [-0.05, 0) is 44.0 Å². The lowest BCUT2D eigenvalue weighted by Crippen LogP contribution is -2.52. The quantitative estimate of drug-likeness (QED) is 0.538. The van der Waals surface area contributed by atoms with Crippen LogP contribution in [-0.4, -0.2) is 50.0 Å². The molecule has 0 bridgehead atoms. The van der Waals surface area contributed by atoms with Crippen molar-refractivity contribution in [1.82, 2.24) is 25.1 Å². The third-order valence-corrected chi connectivity index (χ3v) is 6.52. The molecule has 2 N–H and O–H groups in total. The minimum Gasteiger partial charge on any atom is -0.507 e. The first-order chi connectivity index (χ1) is 14.5. The fourth-order valence-corrected chi connectivity index (χ4v) is 4.62. The highest BCUT2D eigenvalue weighted by Gasteiger charge is 2.45. The van der Waals surface area contributed by atoms with E-state index in [1.54, 1.807) is 4.68 Å². The first-order valence-electron chi connectivity index (χ1n) is 10.4. The standard InChI is InChI=1S/C23H24N6O/c1-14-20-16(12-28(2)27-20)10-18(21(14)30)22-24-11-15-9-17(3-4-19(15)26-22)29-8-7-25-23(13-29)5-6-23/h3-4,9-12,25,30H,5-8,13H2,1-2H3. The van der Waals surface area contributed by atoms with E-state index >= 15 is 0 Å². The summed E-state index contributed by atoms with van der Waals surface area (Å²) in [6, 6.07) is 8.30. The maximum absolute atomic E-state index is 10.8. The van der Waals surface area contributed by atoms with Gasteiger partial charge in [-0.2, -0.15) is 5.10 Å². The van der Waals surface area contributed by atoms with Crippen molar-refractivity contribution >= 4 is 27.5 Å². The number of aromatic nitrogens is 4. The maximum atomic E-state index is 10.8. The third kappa shape index (κ3) is 2.73. The van der Waals surface area contributed by atoms with Gasteiger partial charge in [0.15, 0.2) is 5.82 Å². The van der Waals surface area contributed by atoms with Crippen molar-refractivity contribution in [2.24, 2.45) is 7.05 Å². The number of fused-ring (bicyclic) bond motifs is 2. The molecule has 2 fully saturated rings. The summed E-state index contributed by atoms with van der Waals surface area (Å²) < 4.78 is 1.76. The molecule has 0 radical (unpaired) electrons. The Labute approximate surface area is 174 Å². The first kappa shape index (κ1) is 17.7. The van der Waals surface area contributed by atoms with Crippen LogP contribution in [-0.2, 0) is 7.05 Å². The molecule has 0 amide bonds. The summed E-state index contributed by atoms with van der Waals surface area (Å²) in [6.45, 7) is 4.99. The lowest BCUT2D eigenvalue weighted by atomic mass is 10.0. The zero-order valence-electron chi connectivity index (χ0n) is 17.2. The number of phenolic OH excluding ortho intramolecular Hbond substituents is 1. The topological polar surface area (TPSA) is 79.1 Å². The van der Waals surface area contributed by atoms with Gasteiger partial charge in [0, 0.05) is 66.6 Å². The minimum atomic E-state index is 0.188. The summed E-state index contributed by atoms with van der Waals surface area (Å²) in [5.74, 6) is 0.716. The average molecular weight is 400 g/mol. The fourth-order valence-electron chi connectivity index (χ4n) is 4.62. The van der Waals surface area contributed by atoms with Gasteiger partial charge < -0.3 is 15.3 Å². The van der Waals surface area contributed by atoms with Crippen molar-refractivity contribution < 1.29 is 5.11 Å². The summed E-state index contributed by atoms with van der Waals surface area (Å²) in [4.78, 5) is 11.8. The van der Waals surface area contributed by atoms with Crippen LogP contribution in [0.3, 0.4) is 0 Å². The SMILES string of the molecule is Cc1c(O)c(-c2ncc3cc(N4CCNC5(CC5)C4)ccc3n2)cc2cn(C)nc12. The summed E-state index contributed by atoms with van der Waals surface area (Å²) in [5.41, 5.74) is 4.62. The number of benzene rings is 2. The Morgan fingerprint density at radius 1 is 1.17 bits per heavy atom. The predicted molar refractivity (Wildman–Crippen MR) is 118 cm³/mol. The Morgan fingerprint density at radius 3 is 2.87 bits per heavy atom. The molecule has 2 aliphatic rings. The van der Waals surface area contributed by atoms with Crippen LogP contribution in [0.25, 0.3) is 33.2 Å². The Kier molecular flexibility index (Phi) is 3.62. The average Bonchev–Trinajstić information content (AvgIpc) is 3.38. The number of rotatable bonds is 2. The number of aromatic hydroxyl groups is 1. The zero-order chi connectivity index (χ0) is 20.5. The van der Waals surface area contributed by atoms with Crippen molar-refractivity contribution in [2.45, 2.75) is 25.3 Å². The van der Waals surface area contributed by atoms with E-state index in [0.29, 0.717) is 16.9 Å². The normalized spacial score (nSPS) is 17.9. The highest BCUT2D eigenvalue weighted by atomic mass is 16.3. The van der Waals surface area contributed by atoms with E-state index in [2.05, 4.69) is 38.5 Å². The van der Waals surface area contributed by atoms with Gasteiger partial charge in [0.1, 0.15) is 5.75 Å². The molecule has 0 unspecified atom stereocenters. The largest absolute Gasteiger partial charge is 0.507 e. The third-order valence-electron chi connectivity index (χ3n) is 6.52. The van der Waals surface area contributed by atoms with Crippen molar-refractivity contribution in [3.05, 3.63) is 42.2 Å². The second-order valence-corrected chi connectivity index (χ2v) is 8.70. The lowest BCUT2D eigenvalue weighted by molar-refractivity contribution is 0.442. The van der Waals surface area contributed by atoms with Gasteiger partial charge in [-0.1, -0.05) is 0 Å². The molecule has 7 heteroatoms. The van der Waals surface area contributed by atoms with Crippen LogP contribution >= 0.6 is 0 Å². The zero-order valence-corrected chi connectivity index (χ0v) is 17.2. The van der Waals surface area contributed by atoms with Gasteiger partial charge >= 0.3 is 0 Å². The molecule has 4 aromatic rings. The second-order valence-electron chi connectivity index (χ2n) is 8.70. The second kappa shape index (κ2) is 6.15. The molecule has 0 atom stereocenters. The monoisotopic (exact) mass is 400 g/mol. The van der Waals surface area contributed by atoms with Crippen molar-refractivity contribution in [1.29, 1.82) is 0 Å². The Morgan fingerprint density at radius 2 is 2.03 bits per heavy atom. The van der Waals surface area contributed by atoms with E-state index < -0.39 is 0 Å². The molecular formula is C23H24N6O. The molecular weight excluding hydrogens is 376 g/mol. The highest BCUT2D eigenvalue weighted by Crippen LogP contribution is 2.39. The van der Waals surface area contributed by atoms with Crippen LogP contribution in [0.1, 0.15) is 18.4 Å². The van der Waals surface area contributed by atoms with Gasteiger partial charge in [0.2, 0.25) is 0 Å². The molecule has 2 aromatic carbocycles. The molecule has 7 nitrogen and oxygen atoms in total. The summed E-state index contributed by atoms with van der Waals surface area (Å²) >= 11 is 0. The molecule has 3 heterocycles. The van der Waals surface area contributed by atoms with E-state index in [1.807, 2.05) is 32.4 Å². The van der Waals surface area contributed by atoms with E-state index in [4.69, 9.17) is 4.98 Å². The number of phenols is 1. The van der Waals surface area contributed by atoms with Crippen LogP contribution in [0.4, 0.5) is 5.69 Å². The number of nitrogens with zero attached hydrogens (tertiary/aromatic N) is 5. The van der Waals surface area contributed by atoms with Gasteiger partial charge in [-0.15, -0.1) is 0 Å². The van der Waals surface area contributed by atoms with E-state index in [0.717, 1.165) is 47.0 Å². The summed E-state index contributed by atoms with van der Waals surface area (Å²) in [7, 11) is 1.88. The van der Waals surface area contributed by atoms with E-state index in [1.165, 1.54) is 18.5 Å². The molecule has 1 saturated heterocycles. The number of piperazine rings is 1. The maximum Gasteiger partial charge on any atom is 0.163 e. The molecule has 30 heavy (non-hydrogen) atoms. The highest BCUT2D eigenvalue weighted by molar-refractivity contribution is 5.91. The van der Waals surface area contributed by atoms with Crippen LogP contribution in [0.2, 0.25) is 0 Å². The number of anilines is 1. The van der Waals surface area contributed by atoms with Crippen molar-refractivity contribution in [3.63, 3.8) is 0 Å². The van der Waals surface area contributed by atoms with Gasteiger partial charge in [0.05, 0.1) is 16.6 Å². The molecule has 1 saturated carbocycles.